The van der Waals surface area contributed by atoms with Crippen LogP contribution in [0.5, 0.6) is 0 Å². The molecular weight excluding hydrogens is 184 g/mol. The van der Waals surface area contributed by atoms with Gasteiger partial charge in [0.15, 0.2) is 0 Å². The van der Waals surface area contributed by atoms with E-state index in [-0.39, 0.29) is 5.41 Å². The summed E-state index contributed by atoms with van der Waals surface area (Å²) in [6.45, 7) is 8.03. The first kappa shape index (κ1) is 10.2. The number of amides is 1. The van der Waals surface area contributed by atoms with E-state index in [2.05, 4.69) is 4.98 Å². The number of aryl methyl sites for hydroxylation is 1. The van der Waals surface area contributed by atoms with Crippen LogP contribution in [0.3, 0.4) is 0 Å². The molecule has 1 aromatic heterocycles. The van der Waals surface area contributed by atoms with E-state index in [4.69, 9.17) is 5.73 Å². The topological polar surface area (TPSA) is 56.0 Å². The fourth-order valence-corrected chi connectivity index (χ4v) is 2.08. The fraction of sp³-hybridized carbons (Fsp3) is 0.556. The van der Waals surface area contributed by atoms with Gasteiger partial charge in [-0.3, -0.25) is 4.79 Å². The van der Waals surface area contributed by atoms with Gasteiger partial charge in [-0.1, -0.05) is 20.8 Å². The van der Waals surface area contributed by atoms with Crippen LogP contribution in [0.15, 0.2) is 0 Å². The Bertz CT molecular complexity index is 336. The summed E-state index contributed by atoms with van der Waals surface area (Å²) in [6.07, 6.45) is 0. The smallest absolute Gasteiger partial charge is 0.268 e. The van der Waals surface area contributed by atoms with Crippen LogP contribution < -0.4 is 5.73 Å². The first-order valence-corrected chi connectivity index (χ1v) is 4.91. The zero-order chi connectivity index (χ0) is 10.2. The Kier molecular flexibility index (Phi) is 2.43. The molecule has 4 heteroatoms. The number of carbonyl (C=O) groups is 1. The number of carbonyl (C=O) groups excluding carboxylic acids is 1. The number of rotatable bonds is 1. The molecule has 0 aliphatic heterocycles. The number of aromatic nitrogens is 1. The van der Waals surface area contributed by atoms with Crippen molar-refractivity contribution in [2.45, 2.75) is 33.1 Å². The molecule has 13 heavy (non-hydrogen) atoms. The van der Waals surface area contributed by atoms with Gasteiger partial charge in [0.1, 0.15) is 5.69 Å². The monoisotopic (exact) mass is 198 g/mol. The summed E-state index contributed by atoms with van der Waals surface area (Å²) >= 11 is 1.54. The quantitative estimate of drug-likeness (QED) is 0.748. The van der Waals surface area contributed by atoms with Crippen molar-refractivity contribution in [3.8, 4) is 0 Å². The van der Waals surface area contributed by atoms with Crippen molar-refractivity contribution >= 4 is 17.2 Å². The highest BCUT2D eigenvalue weighted by atomic mass is 32.1. The van der Waals surface area contributed by atoms with Gasteiger partial charge in [-0.05, 0) is 12.3 Å². The van der Waals surface area contributed by atoms with Crippen LogP contribution in [0, 0.1) is 6.92 Å². The molecule has 0 unspecified atom stereocenters. The van der Waals surface area contributed by atoms with E-state index in [9.17, 15) is 4.79 Å². The lowest BCUT2D eigenvalue weighted by molar-refractivity contribution is 0.0994. The first-order chi connectivity index (χ1) is 5.82. The van der Waals surface area contributed by atoms with Crippen molar-refractivity contribution in [3.63, 3.8) is 0 Å². The maximum atomic E-state index is 11.0. The van der Waals surface area contributed by atoms with Crippen LogP contribution >= 0.6 is 11.3 Å². The highest BCUT2D eigenvalue weighted by molar-refractivity contribution is 7.12. The minimum Gasteiger partial charge on any atom is -0.364 e. The van der Waals surface area contributed by atoms with Gasteiger partial charge >= 0.3 is 0 Å². The zero-order valence-electron chi connectivity index (χ0n) is 8.34. The average Bonchev–Trinajstić information content (AvgIpc) is 2.29. The molecule has 0 fully saturated rings. The minimum absolute atomic E-state index is 0.0592. The Morgan fingerprint density at radius 3 is 2.31 bits per heavy atom. The van der Waals surface area contributed by atoms with Gasteiger partial charge in [0.25, 0.3) is 5.91 Å². The third kappa shape index (κ3) is 2.06. The van der Waals surface area contributed by atoms with Crippen molar-refractivity contribution in [2.24, 2.45) is 5.73 Å². The zero-order valence-corrected chi connectivity index (χ0v) is 9.16. The summed E-state index contributed by atoms with van der Waals surface area (Å²) in [5, 5.41) is 0.888. The summed E-state index contributed by atoms with van der Waals surface area (Å²) in [4.78, 5) is 16.1. The standard InChI is InChI=1S/C9H14N2OS/c1-5-11-6(8(10)12)7(13-5)9(2,3)4/h1-4H3,(H2,10,12). The van der Waals surface area contributed by atoms with E-state index in [1.165, 1.54) is 11.3 Å². The molecule has 0 aliphatic rings. The van der Waals surface area contributed by atoms with Crippen molar-refractivity contribution < 1.29 is 4.79 Å². The van der Waals surface area contributed by atoms with E-state index >= 15 is 0 Å². The predicted octanol–water partition coefficient (Wildman–Crippen LogP) is 1.85. The Morgan fingerprint density at radius 2 is 2.00 bits per heavy atom. The van der Waals surface area contributed by atoms with Gasteiger partial charge in [0, 0.05) is 4.88 Å². The highest BCUT2D eigenvalue weighted by Gasteiger charge is 2.24. The Balaban J connectivity index is 3.28. The highest BCUT2D eigenvalue weighted by Crippen LogP contribution is 2.30. The van der Waals surface area contributed by atoms with Crippen molar-refractivity contribution in [1.29, 1.82) is 0 Å². The maximum Gasteiger partial charge on any atom is 0.268 e. The summed E-state index contributed by atoms with van der Waals surface area (Å²) in [5.74, 6) is -0.436. The van der Waals surface area contributed by atoms with Crippen LogP contribution in [-0.2, 0) is 5.41 Å². The fourth-order valence-electron chi connectivity index (χ4n) is 1.10. The predicted molar refractivity (Wildman–Crippen MR) is 54.1 cm³/mol. The second kappa shape index (κ2) is 3.10. The Hall–Kier alpha value is -0.900. The molecule has 0 spiro atoms. The molecule has 2 N–H and O–H groups in total. The van der Waals surface area contributed by atoms with Crippen LogP contribution in [-0.4, -0.2) is 10.9 Å². The summed E-state index contributed by atoms with van der Waals surface area (Å²) in [6, 6.07) is 0. The van der Waals surface area contributed by atoms with Crippen molar-refractivity contribution in [2.75, 3.05) is 0 Å². The number of thiazole rings is 1. The normalized spacial score (nSPS) is 11.7. The lowest BCUT2D eigenvalue weighted by Crippen LogP contribution is -2.19. The minimum atomic E-state index is -0.436. The molecule has 1 amide bonds. The van der Waals surface area contributed by atoms with Crippen molar-refractivity contribution in [3.05, 3.63) is 15.6 Å². The number of nitrogens with zero attached hydrogens (tertiary/aromatic N) is 1. The number of hydrogen-bond acceptors (Lipinski definition) is 3. The molecule has 1 heterocycles. The second-order valence-electron chi connectivity index (χ2n) is 4.02. The van der Waals surface area contributed by atoms with E-state index in [1.54, 1.807) is 0 Å². The first-order valence-electron chi connectivity index (χ1n) is 4.10. The third-order valence-electron chi connectivity index (χ3n) is 1.65. The molecule has 0 bridgehead atoms. The number of primary amides is 1. The van der Waals surface area contributed by atoms with Crippen LogP contribution in [0.4, 0.5) is 0 Å². The van der Waals surface area contributed by atoms with E-state index in [1.807, 2.05) is 27.7 Å². The van der Waals surface area contributed by atoms with Crippen molar-refractivity contribution in [1.82, 2.24) is 4.98 Å². The van der Waals surface area contributed by atoms with Crippen LogP contribution in [0.25, 0.3) is 0 Å². The summed E-state index contributed by atoms with van der Waals surface area (Å²) in [5.41, 5.74) is 5.60. The molecular formula is C9H14N2OS. The molecule has 0 radical (unpaired) electrons. The summed E-state index contributed by atoms with van der Waals surface area (Å²) < 4.78 is 0. The number of nitrogens with two attached hydrogens (primary N) is 1. The molecule has 1 rings (SSSR count). The van der Waals surface area contributed by atoms with E-state index in [0.29, 0.717) is 5.69 Å². The molecule has 3 nitrogen and oxygen atoms in total. The molecule has 72 valence electrons. The molecule has 0 aromatic carbocycles. The van der Waals surface area contributed by atoms with Crippen LogP contribution in [0.1, 0.15) is 41.1 Å². The molecule has 1 aromatic rings. The lowest BCUT2D eigenvalue weighted by Gasteiger charge is -2.16. The summed E-state index contributed by atoms with van der Waals surface area (Å²) in [7, 11) is 0. The van der Waals surface area contributed by atoms with Gasteiger partial charge < -0.3 is 5.73 Å². The Labute approximate surface area is 82.0 Å². The molecule has 0 atom stereocenters. The molecule has 0 saturated carbocycles. The van der Waals surface area contributed by atoms with Gasteiger partial charge in [-0.25, -0.2) is 4.98 Å². The van der Waals surface area contributed by atoms with E-state index in [0.717, 1.165) is 9.88 Å². The SMILES string of the molecule is Cc1nc(C(N)=O)c(C(C)(C)C)s1. The molecule has 0 aliphatic carbocycles. The average molecular weight is 198 g/mol. The Morgan fingerprint density at radius 1 is 1.46 bits per heavy atom. The van der Waals surface area contributed by atoms with Gasteiger partial charge in [0.2, 0.25) is 0 Å². The molecule has 0 saturated heterocycles. The van der Waals surface area contributed by atoms with E-state index < -0.39 is 5.91 Å². The largest absolute Gasteiger partial charge is 0.364 e. The van der Waals surface area contributed by atoms with Gasteiger partial charge in [-0.15, -0.1) is 11.3 Å². The maximum absolute atomic E-state index is 11.0. The number of hydrogen-bond donors (Lipinski definition) is 1. The lowest BCUT2D eigenvalue weighted by atomic mass is 9.93. The third-order valence-corrected chi connectivity index (χ3v) is 3.05. The van der Waals surface area contributed by atoms with Gasteiger partial charge in [0.05, 0.1) is 5.01 Å². The van der Waals surface area contributed by atoms with Gasteiger partial charge in [-0.2, -0.15) is 0 Å². The van der Waals surface area contributed by atoms with Crippen LogP contribution in [0.2, 0.25) is 0 Å². The second-order valence-corrected chi connectivity index (χ2v) is 5.23.